The summed E-state index contributed by atoms with van der Waals surface area (Å²) in [7, 11) is 0. The smallest absolute Gasteiger partial charge is 0.335 e. The zero-order valence-electron chi connectivity index (χ0n) is 10.7. The maximum atomic E-state index is 12.0. The van der Waals surface area contributed by atoms with E-state index in [9.17, 15) is 9.90 Å². The zero-order valence-corrected chi connectivity index (χ0v) is 10.7. The number of hydrogen-bond donors (Lipinski definition) is 1. The van der Waals surface area contributed by atoms with Crippen LogP contribution in [-0.2, 0) is 19.0 Å². The lowest BCUT2D eigenvalue weighted by molar-refractivity contribution is -0.268. The summed E-state index contributed by atoms with van der Waals surface area (Å²) in [6.07, 6.45) is 3.27. The van der Waals surface area contributed by atoms with Crippen LogP contribution in [-0.4, -0.2) is 41.8 Å². The molecule has 3 aliphatic rings. The fourth-order valence-electron chi connectivity index (χ4n) is 3.84. The van der Waals surface area contributed by atoms with E-state index in [4.69, 9.17) is 14.2 Å². The minimum atomic E-state index is -1.30. The SMILES string of the molecule is CCOC(=O)[C@@H]1O[C@@]2(O)CCC[C@]23OCCC[C@H]13. The van der Waals surface area contributed by atoms with Gasteiger partial charge in [0.2, 0.25) is 0 Å². The second kappa shape index (κ2) is 4.18. The Bertz CT molecular complexity index is 357. The highest BCUT2D eigenvalue weighted by atomic mass is 16.7. The number of carbonyl (C=O) groups is 1. The number of carbonyl (C=O) groups excluding carboxylic acids is 1. The molecule has 0 aromatic heterocycles. The second-order valence-corrected chi connectivity index (χ2v) is 5.42. The number of esters is 1. The van der Waals surface area contributed by atoms with Gasteiger partial charge in [0.1, 0.15) is 5.60 Å². The molecule has 18 heavy (non-hydrogen) atoms. The first kappa shape index (κ1) is 12.4. The Labute approximate surface area is 106 Å². The van der Waals surface area contributed by atoms with E-state index >= 15 is 0 Å². The molecule has 5 heteroatoms. The van der Waals surface area contributed by atoms with Crippen LogP contribution in [0.15, 0.2) is 0 Å². The summed E-state index contributed by atoms with van der Waals surface area (Å²) in [6, 6.07) is 0. The van der Waals surface area contributed by atoms with E-state index in [1.807, 2.05) is 0 Å². The standard InChI is InChI=1S/C13H20O5/c1-2-16-11(14)10-9-5-3-8-17-12(9)6-4-7-13(12,15)18-10/h9-10,15H,2-8H2,1H3/t9-,10-,12-,13+/m1/s1. The van der Waals surface area contributed by atoms with Crippen molar-refractivity contribution in [1.82, 2.24) is 0 Å². The van der Waals surface area contributed by atoms with Crippen molar-refractivity contribution in [2.24, 2.45) is 5.92 Å². The van der Waals surface area contributed by atoms with E-state index in [2.05, 4.69) is 0 Å². The molecule has 1 spiro atoms. The molecule has 0 bridgehead atoms. The van der Waals surface area contributed by atoms with Crippen molar-refractivity contribution in [2.45, 2.75) is 56.5 Å². The summed E-state index contributed by atoms with van der Waals surface area (Å²) in [4.78, 5) is 12.0. The quantitative estimate of drug-likeness (QED) is 0.746. The highest BCUT2D eigenvalue weighted by molar-refractivity contribution is 5.76. The normalized spacial score (nSPS) is 46.6. The van der Waals surface area contributed by atoms with E-state index in [1.54, 1.807) is 6.92 Å². The molecular weight excluding hydrogens is 236 g/mol. The van der Waals surface area contributed by atoms with Gasteiger partial charge in [0.15, 0.2) is 11.9 Å². The monoisotopic (exact) mass is 256 g/mol. The van der Waals surface area contributed by atoms with Crippen LogP contribution in [0.5, 0.6) is 0 Å². The summed E-state index contributed by atoms with van der Waals surface area (Å²) >= 11 is 0. The number of hydrogen-bond acceptors (Lipinski definition) is 5. The van der Waals surface area contributed by atoms with Crippen LogP contribution < -0.4 is 0 Å². The van der Waals surface area contributed by atoms with Crippen molar-refractivity contribution in [2.75, 3.05) is 13.2 Å². The van der Waals surface area contributed by atoms with Gasteiger partial charge in [-0.15, -0.1) is 0 Å². The van der Waals surface area contributed by atoms with E-state index in [0.717, 1.165) is 25.7 Å². The van der Waals surface area contributed by atoms with Crippen LogP contribution in [0.2, 0.25) is 0 Å². The maximum Gasteiger partial charge on any atom is 0.335 e. The molecule has 0 amide bonds. The lowest BCUT2D eigenvalue weighted by Crippen LogP contribution is -2.54. The first-order valence-corrected chi connectivity index (χ1v) is 6.84. The molecule has 2 aliphatic heterocycles. The van der Waals surface area contributed by atoms with E-state index < -0.39 is 17.5 Å². The third-order valence-corrected chi connectivity index (χ3v) is 4.55. The second-order valence-electron chi connectivity index (χ2n) is 5.42. The number of ether oxygens (including phenoxy) is 3. The lowest BCUT2D eigenvalue weighted by atomic mass is 9.77. The van der Waals surface area contributed by atoms with Crippen LogP contribution in [0.3, 0.4) is 0 Å². The first-order chi connectivity index (χ1) is 8.63. The van der Waals surface area contributed by atoms with Crippen molar-refractivity contribution in [3.63, 3.8) is 0 Å². The van der Waals surface area contributed by atoms with Gasteiger partial charge in [0.05, 0.1) is 6.61 Å². The van der Waals surface area contributed by atoms with Gasteiger partial charge >= 0.3 is 5.97 Å². The van der Waals surface area contributed by atoms with Crippen LogP contribution in [0.4, 0.5) is 0 Å². The highest BCUT2D eigenvalue weighted by Crippen LogP contribution is 2.57. The Balaban J connectivity index is 1.90. The fraction of sp³-hybridized carbons (Fsp3) is 0.923. The molecule has 3 rings (SSSR count). The molecule has 1 N–H and O–H groups in total. The summed E-state index contributed by atoms with van der Waals surface area (Å²) in [5.74, 6) is -1.73. The van der Waals surface area contributed by atoms with Gasteiger partial charge < -0.3 is 19.3 Å². The Morgan fingerprint density at radius 1 is 1.44 bits per heavy atom. The summed E-state index contributed by atoms with van der Waals surface area (Å²) in [5, 5.41) is 10.6. The van der Waals surface area contributed by atoms with Crippen LogP contribution in [0, 0.1) is 5.92 Å². The van der Waals surface area contributed by atoms with Gasteiger partial charge in [-0.05, 0) is 32.6 Å². The molecule has 0 aromatic carbocycles. The van der Waals surface area contributed by atoms with Gasteiger partial charge in [-0.25, -0.2) is 4.79 Å². The van der Waals surface area contributed by atoms with Crippen LogP contribution >= 0.6 is 0 Å². The summed E-state index contributed by atoms with van der Waals surface area (Å²) in [6.45, 7) is 2.74. The van der Waals surface area contributed by atoms with Crippen molar-refractivity contribution in [3.8, 4) is 0 Å². The van der Waals surface area contributed by atoms with Crippen LogP contribution in [0.25, 0.3) is 0 Å². The molecule has 0 aromatic rings. The molecule has 2 saturated heterocycles. The molecule has 5 nitrogen and oxygen atoms in total. The minimum absolute atomic E-state index is 0.0715. The third-order valence-electron chi connectivity index (χ3n) is 4.55. The summed E-state index contributed by atoms with van der Waals surface area (Å²) in [5.41, 5.74) is -0.678. The molecule has 4 atom stereocenters. The average Bonchev–Trinajstić information content (AvgIpc) is 2.77. The van der Waals surface area contributed by atoms with Crippen molar-refractivity contribution < 1.29 is 24.1 Å². The molecule has 2 heterocycles. The zero-order chi connectivity index (χ0) is 12.8. The summed E-state index contributed by atoms with van der Waals surface area (Å²) < 4.78 is 16.6. The highest BCUT2D eigenvalue weighted by Gasteiger charge is 2.70. The predicted octanol–water partition coefficient (Wildman–Crippen LogP) is 0.986. The van der Waals surface area contributed by atoms with E-state index in [0.29, 0.717) is 19.6 Å². The third kappa shape index (κ3) is 1.47. The molecular formula is C13H20O5. The molecule has 0 radical (unpaired) electrons. The fourth-order valence-corrected chi connectivity index (χ4v) is 3.84. The molecule has 1 saturated carbocycles. The molecule has 3 fully saturated rings. The Kier molecular flexibility index (Phi) is 2.88. The Hall–Kier alpha value is -0.650. The topological polar surface area (TPSA) is 65.0 Å². The molecule has 0 unspecified atom stereocenters. The predicted molar refractivity (Wildman–Crippen MR) is 61.7 cm³/mol. The van der Waals surface area contributed by atoms with Crippen molar-refractivity contribution in [1.29, 1.82) is 0 Å². The minimum Gasteiger partial charge on any atom is -0.464 e. The maximum absolute atomic E-state index is 12.0. The van der Waals surface area contributed by atoms with Gasteiger partial charge in [0.25, 0.3) is 0 Å². The van der Waals surface area contributed by atoms with Gasteiger partial charge in [-0.3, -0.25) is 0 Å². The van der Waals surface area contributed by atoms with Crippen molar-refractivity contribution >= 4 is 5.97 Å². The van der Waals surface area contributed by atoms with Gasteiger partial charge in [-0.2, -0.15) is 0 Å². The lowest BCUT2D eigenvalue weighted by Gasteiger charge is -2.41. The van der Waals surface area contributed by atoms with E-state index in [1.165, 1.54) is 0 Å². The first-order valence-electron chi connectivity index (χ1n) is 6.84. The van der Waals surface area contributed by atoms with Crippen LogP contribution in [0.1, 0.15) is 39.0 Å². The molecule has 1 aliphatic carbocycles. The number of aliphatic hydroxyl groups is 1. The largest absolute Gasteiger partial charge is 0.464 e. The van der Waals surface area contributed by atoms with Gasteiger partial charge in [0, 0.05) is 18.9 Å². The number of rotatable bonds is 2. The average molecular weight is 256 g/mol. The Morgan fingerprint density at radius 3 is 3.06 bits per heavy atom. The van der Waals surface area contributed by atoms with Crippen molar-refractivity contribution in [3.05, 3.63) is 0 Å². The Morgan fingerprint density at radius 2 is 2.28 bits per heavy atom. The van der Waals surface area contributed by atoms with E-state index in [-0.39, 0.29) is 11.9 Å². The molecule has 102 valence electrons. The van der Waals surface area contributed by atoms with Gasteiger partial charge in [-0.1, -0.05) is 0 Å².